The number of pyridine rings is 2. The van der Waals surface area contributed by atoms with Crippen molar-refractivity contribution >= 4 is 32.6 Å². The summed E-state index contributed by atoms with van der Waals surface area (Å²) in [6.45, 7) is 1.26. The minimum atomic E-state index is 0. The van der Waals surface area contributed by atoms with E-state index < -0.39 is 0 Å². The van der Waals surface area contributed by atoms with E-state index in [1.165, 1.54) is 0 Å². The van der Waals surface area contributed by atoms with E-state index in [9.17, 15) is 0 Å². The van der Waals surface area contributed by atoms with Gasteiger partial charge in [0.15, 0.2) is 0 Å². The fourth-order valence-electron chi connectivity index (χ4n) is 3.16. The Kier molecular flexibility index (Phi) is 5.43. The number of rotatable bonds is 4. The minimum absolute atomic E-state index is 0. The molecule has 0 amide bonds. The first-order valence-electron chi connectivity index (χ1n) is 8.02. The minimum Gasteiger partial charge on any atom is -0.660 e. The Balaban J connectivity index is 0.00000182. The molecule has 128 valence electrons. The Hall–Kier alpha value is -1.87. The molecule has 0 aliphatic rings. The summed E-state index contributed by atoms with van der Waals surface area (Å²) in [5, 5.41) is 12.9. The van der Waals surface area contributed by atoms with Gasteiger partial charge in [0.25, 0.3) is 0 Å². The maximum absolute atomic E-state index is 4.86. The Morgan fingerprint density at radius 2 is 1.04 bits per heavy atom. The van der Waals surface area contributed by atoms with Crippen molar-refractivity contribution in [3.8, 4) is 0 Å². The Morgan fingerprint density at radius 3 is 1.48 bits per heavy atom. The Bertz CT molecular complexity index is 965. The average molecular weight is 509 g/mol. The van der Waals surface area contributed by atoms with Gasteiger partial charge in [-0.2, -0.15) is 14.1 Å². The van der Waals surface area contributed by atoms with Crippen LogP contribution in [0.2, 0.25) is 0 Å². The van der Waals surface area contributed by atoms with E-state index in [-0.39, 0.29) is 21.1 Å². The smallest absolute Gasteiger partial charge is 0.660 e. The first kappa shape index (κ1) is 17.9. The van der Waals surface area contributed by atoms with E-state index in [2.05, 4.69) is 47.0 Å². The van der Waals surface area contributed by atoms with Crippen LogP contribution in [0, 0.1) is 0 Å². The second-order valence-electron chi connectivity index (χ2n) is 5.93. The number of aromatic nitrogens is 2. The first-order chi connectivity index (χ1) is 11.8. The van der Waals surface area contributed by atoms with Crippen LogP contribution in [-0.4, -0.2) is 24.1 Å². The largest absolute Gasteiger partial charge is 2.00 e. The van der Waals surface area contributed by atoms with Gasteiger partial charge in [0.2, 0.25) is 0 Å². The van der Waals surface area contributed by atoms with E-state index in [1.54, 1.807) is 0 Å². The quantitative estimate of drug-likeness (QED) is 0.366. The van der Waals surface area contributed by atoms with Crippen molar-refractivity contribution < 1.29 is 21.1 Å². The molecule has 0 aliphatic carbocycles. The first-order valence-corrected chi connectivity index (χ1v) is 8.02. The molecule has 2 aromatic carbocycles. The van der Waals surface area contributed by atoms with Crippen LogP contribution in [0.4, 0.5) is 0 Å². The number of nitrogens with zero attached hydrogens (tertiary/aromatic N) is 4. The molecule has 0 saturated heterocycles. The third kappa shape index (κ3) is 3.30. The summed E-state index contributed by atoms with van der Waals surface area (Å²) in [5.74, 6) is 0. The molecule has 25 heavy (non-hydrogen) atoms. The van der Waals surface area contributed by atoms with Crippen molar-refractivity contribution in [2.45, 2.75) is 13.1 Å². The number of benzene rings is 2. The van der Waals surface area contributed by atoms with Crippen molar-refractivity contribution in [1.82, 2.24) is 9.97 Å². The maximum atomic E-state index is 4.86. The fraction of sp³-hybridized carbons (Fsp3) is 0.200. The maximum Gasteiger partial charge on any atom is 2.00 e. The molecular weight excluding hydrogens is 491 g/mol. The van der Waals surface area contributed by atoms with E-state index in [0.29, 0.717) is 13.1 Å². The predicted molar refractivity (Wildman–Crippen MR) is 101 cm³/mol. The summed E-state index contributed by atoms with van der Waals surface area (Å²) in [6.07, 6.45) is 0. The van der Waals surface area contributed by atoms with Crippen LogP contribution < -0.4 is 0 Å². The van der Waals surface area contributed by atoms with Gasteiger partial charge in [-0.15, -0.1) is 13.1 Å². The van der Waals surface area contributed by atoms with Crippen LogP contribution in [0.5, 0.6) is 0 Å². The van der Waals surface area contributed by atoms with Crippen molar-refractivity contribution in [3.63, 3.8) is 0 Å². The molecule has 2 aromatic heterocycles. The van der Waals surface area contributed by atoms with Crippen molar-refractivity contribution in [3.05, 3.63) is 70.6 Å². The monoisotopic (exact) mass is 509 g/mol. The van der Waals surface area contributed by atoms with Crippen LogP contribution in [-0.2, 0) is 34.2 Å². The van der Waals surface area contributed by atoms with Gasteiger partial charge in [-0.05, 0) is 17.5 Å². The van der Waals surface area contributed by atoms with Gasteiger partial charge in [-0.3, -0.25) is 9.97 Å². The van der Waals surface area contributed by atoms with E-state index in [1.807, 2.05) is 26.2 Å². The second kappa shape index (κ2) is 7.57. The molecule has 0 saturated carbocycles. The molecule has 0 atom stereocenters. The molecule has 5 heteroatoms. The molecular formula is C20H18N4Pt. The van der Waals surface area contributed by atoms with Gasteiger partial charge in [-0.1, -0.05) is 36.4 Å². The van der Waals surface area contributed by atoms with Gasteiger partial charge < -0.3 is 10.6 Å². The topological polar surface area (TPSA) is 54.0 Å². The van der Waals surface area contributed by atoms with Gasteiger partial charge in [0, 0.05) is 27.5 Å². The molecule has 0 N–H and O–H groups in total. The molecule has 0 bridgehead atoms. The van der Waals surface area contributed by atoms with Crippen LogP contribution in [0.3, 0.4) is 0 Å². The van der Waals surface area contributed by atoms with Gasteiger partial charge in [0.1, 0.15) is 0 Å². The van der Waals surface area contributed by atoms with Crippen molar-refractivity contribution in [2.24, 2.45) is 0 Å². The molecule has 4 aromatic rings. The molecule has 4 rings (SSSR count). The van der Waals surface area contributed by atoms with Gasteiger partial charge in [0.05, 0.1) is 11.0 Å². The third-order valence-electron chi connectivity index (χ3n) is 4.26. The van der Waals surface area contributed by atoms with Crippen LogP contribution in [0.25, 0.3) is 43.2 Å². The summed E-state index contributed by atoms with van der Waals surface area (Å²) >= 11 is 0. The molecule has 0 aliphatic heterocycles. The standard InChI is InChI=1S/C20H18N4.Pt/c1-21-11-16-9-7-14-5-3-13-4-6-15-8-10-17(12-22-2)24-20(15)18(13)19(14)23-16;/h3-10H,11-12H2,1-2H3;/q-2;+2. The van der Waals surface area contributed by atoms with E-state index in [4.69, 9.17) is 9.97 Å². The molecule has 4 nitrogen and oxygen atoms in total. The zero-order valence-electron chi connectivity index (χ0n) is 14.1. The normalized spacial score (nSPS) is 11.1. The number of fused-ring (bicyclic) bond motifs is 5. The Labute approximate surface area is 161 Å². The van der Waals surface area contributed by atoms with E-state index in [0.717, 1.165) is 44.0 Å². The van der Waals surface area contributed by atoms with E-state index >= 15 is 0 Å². The summed E-state index contributed by atoms with van der Waals surface area (Å²) < 4.78 is 0. The van der Waals surface area contributed by atoms with Crippen LogP contribution >= 0.6 is 0 Å². The zero-order valence-corrected chi connectivity index (χ0v) is 16.4. The van der Waals surface area contributed by atoms with Gasteiger partial charge >= 0.3 is 21.1 Å². The summed E-state index contributed by atoms with van der Waals surface area (Å²) in [4.78, 5) is 9.72. The third-order valence-corrected chi connectivity index (χ3v) is 4.26. The number of hydrogen-bond acceptors (Lipinski definition) is 2. The van der Waals surface area contributed by atoms with Crippen molar-refractivity contribution in [2.75, 3.05) is 14.1 Å². The molecule has 2 heterocycles. The number of hydrogen-bond donors (Lipinski definition) is 0. The molecule has 0 unspecified atom stereocenters. The fourth-order valence-corrected chi connectivity index (χ4v) is 3.16. The Morgan fingerprint density at radius 1 is 0.640 bits per heavy atom. The zero-order chi connectivity index (χ0) is 16.5. The summed E-state index contributed by atoms with van der Waals surface area (Å²) in [5.41, 5.74) is 3.96. The molecule has 0 spiro atoms. The second-order valence-corrected chi connectivity index (χ2v) is 5.93. The van der Waals surface area contributed by atoms with Crippen molar-refractivity contribution in [1.29, 1.82) is 0 Å². The summed E-state index contributed by atoms with van der Waals surface area (Å²) in [7, 11) is 3.62. The molecule has 0 fully saturated rings. The van der Waals surface area contributed by atoms with Crippen LogP contribution in [0.15, 0.2) is 48.5 Å². The molecule has 0 radical (unpaired) electrons. The average Bonchev–Trinajstić information content (AvgIpc) is 2.61. The summed E-state index contributed by atoms with van der Waals surface area (Å²) in [6, 6.07) is 16.8. The predicted octanol–water partition coefficient (Wildman–Crippen LogP) is 4.94. The van der Waals surface area contributed by atoms with Crippen LogP contribution in [0.1, 0.15) is 11.4 Å². The SMILES string of the molecule is C[N-]Cc1ccc2ccc3ccc4ccc(C[N-]C)nc4c3c2n1.[Pt+2]. The van der Waals surface area contributed by atoms with Gasteiger partial charge in [-0.25, -0.2) is 0 Å².